The van der Waals surface area contributed by atoms with Gasteiger partial charge in [-0.2, -0.15) is 0 Å². The maximum absolute atomic E-state index is 11.1. The summed E-state index contributed by atoms with van der Waals surface area (Å²) in [6, 6.07) is 2.08. The molecule has 1 rings (SSSR count). The second kappa shape index (κ2) is 5.15. The lowest BCUT2D eigenvalue weighted by molar-refractivity contribution is 0.100. The molecule has 1 aromatic heterocycles. The van der Waals surface area contributed by atoms with Crippen molar-refractivity contribution in [2.24, 2.45) is 5.73 Å². The van der Waals surface area contributed by atoms with Gasteiger partial charge in [-0.05, 0) is 31.4 Å². The van der Waals surface area contributed by atoms with Crippen molar-refractivity contribution in [1.29, 1.82) is 0 Å². The molecule has 0 radical (unpaired) electrons. The van der Waals surface area contributed by atoms with E-state index in [2.05, 4.69) is 13.0 Å². The Labute approximate surface area is 89.1 Å². The Kier molecular flexibility index (Phi) is 4.14. The lowest BCUT2D eigenvalue weighted by atomic mass is 10.1. The van der Waals surface area contributed by atoms with Crippen LogP contribution in [0.3, 0.4) is 0 Å². The van der Waals surface area contributed by atoms with Gasteiger partial charge in [-0.3, -0.25) is 4.79 Å². The van der Waals surface area contributed by atoms with Gasteiger partial charge in [0.15, 0.2) is 0 Å². The average molecular weight is 211 g/mol. The van der Waals surface area contributed by atoms with Crippen molar-refractivity contribution >= 4 is 17.2 Å². The van der Waals surface area contributed by atoms with Gasteiger partial charge in [-0.25, -0.2) is 0 Å². The van der Waals surface area contributed by atoms with E-state index in [-0.39, 0.29) is 5.91 Å². The van der Waals surface area contributed by atoms with Crippen LogP contribution in [0.1, 0.15) is 46.3 Å². The number of primary amides is 1. The first-order valence-electron chi connectivity index (χ1n) is 5.04. The average Bonchev–Trinajstić information content (AvgIpc) is 2.47. The Morgan fingerprint density at radius 1 is 1.50 bits per heavy atom. The van der Waals surface area contributed by atoms with Gasteiger partial charge in [0.2, 0.25) is 0 Å². The van der Waals surface area contributed by atoms with E-state index in [1.807, 2.05) is 6.92 Å². The number of hydrogen-bond acceptors (Lipinski definition) is 2. The van der Waals surface area contributed by atoms with Gasteiger partial charge >= 0.3 is 0 Å². The summed E-state index contributed by atoms with van der Waals surface area (Å²) in [5.41, 5.74) is 6.44. The number of carbonyl (C=O) groups excluding carboxylic acids is 1. The van der Waals surface area contributed by atoms with Crippen molar-refractivity contribution in [2.75, 3.05) is 0 Å². The van der Waals surface area contributed by atoms with Gasteiger partial charge in [0.25, 0.3) is 5.91 Å². The second-order valence-electron chi connectivity index (χ2n) is 3.53. The van der Waals surface area contributed by atoms with Crippen LogP contribution < -0.4 is 5.73 Å². The number of unbranched alkanes of at least 4 members (excludes halogenated alkanes) is 2. The summed E-state index contributed by atoms with van der Waals surface area (Å²) in [7, 11) is 0. The van der Waals surface area contributed by atoms with Crippen molar-refractivity contribution in [3.63, 3.8) is 0 Å². The monoisotopic (exact) mass is 211 g/mol. The van der Waals surface area contributed by atoms with E-state index < -0.39 is 0 Å². The molecule has 0 aliphatic carbocycles. The Morgan fingerprint density at radius 3 is 2.79 bits per heavy atom. The number of hydrogen-bond donors (Lipinski definition) is 1. The van der Waals surface area contributed by atoms with Gasteiger partial charge in [-0.15, -0.1) is 11.3 Å². The molecule has 0 aliphatic rings. The van der Waals surface area contributed by atoms with Crippen LogP contribution in [0, 0.1) is 6.92 Å². The zero-order chi connectivity index (χ0) is 10.6. The molecule has 14 heavy (non-hydrogen) atoms. The topological polar surface area (TPSA) is 43.1 Å². The highest BCUT2D eigenvalue weighted by Gasteiger charge is 2.11. The maximum Gasteiger partial charge on any atom is 0.259 e. The Morgan fingerprint density at radius 2 is 2.21 bits per heavy atom. The molecule has 2 nitrogen and oxygen atoms in total. The van der Waals surface area contributed by atoms with E-state index >= 15 is 0 Å². The fourth-order valence-corrected chi connectivity index (χ4v) is 2.44. The number of carbonyl (C=O) groups is 1. The predicted octanol–water partition coefficient (Wildman–Crippen LogP) is 2.89. The van der Waals surface area contributed by atoms with Gasteiger partial charge in [0.1, 0.15) is 0 Å². The second-order valence-corrected chi connectivity index (χ2v) is 4.79. The number of thiophene rings is 1. The molecule has 1 amide bonds. The van der Waals surface area contributed by atoms with Crippen LogP contribution in [0.15, 0.2) is 6.07 Å². The molecule has 0 fully saturated rings. The predicted molar refractivity (Wildman–Crippen MR) is 60.8 cm³/mol. The normalized spacial score (nSPS) is 10.4. The summed E-state index contributed by atoms with van der Waals surface area (Å²) in [4.78, 5) is 13.0. The first kappa shape index (κ1) is 11.2. The number of aryl methyl sites for hydroxylation is 2. The van der Waals surface area contributed by atoms with Crippen LogP contribution in [-0.4, -0.2) is 5.91 Å². The molecule has 0 spiro atoms. The first-order valence-corrected chi connectivity index (χ1v) is 5.86. The van der Waals surface area contributed by atoms with Crippen molar-refractivity contribution in [1.82, 2.24) is 0 Å². The third-order valence-electron chi connectivity index (χ3n) is 2.21. The largest absolute Gasteiger partial charge is 0.365 e. The summed E-state index contributed by atoms with van der Waals surface area (Å²) >= 11 is 1.51. The number of amides is 1. The zero-order valence-corrected chi connectivity index (χ0v) is 9.62. The molecule has 0 saturated carbocycles. The van der Waals surface area contributed by atoms with Crippen molar-refractivity contribution in [3.8, 4) is 0 Å². The molecular formula is C11H17NOS. The summed E-state index contributed by atoms with van der Waals surface area (Å²) in [5.74, 6) is -0.283. The van der Waals surface area contributed by atoms with Crippen LogP contribution in [0.2, 0.25) is 0 Å². The van der Waals surface area contributed by atoms with Crippen LogP contribution >= 0.6 is 11.3 Å². The van der Waals surface area contributed by atoms with E-state index in [1.165, 1.54) is 29.1 Å². The third kappa shape index (κ3) is 2.84. The fourth-order valence-electron chi connectivity index (χ4n) is 1.53. The summed E-state index contributed by atoms with van der Waals surface area (Å²) in [6.45, 7) is 4.19. The van der Waals surface area contributed by atoms with Gasteiger partial charge < -0.3 is 5.73 Å². The van der Waals surface area contributed by atoms with Crippen LogP contribution in [0.5, 0.6) is 0 Å². The van der Waals surface area contributed by atoms with Crippen molar-refractivity contribution in [2.45, 2.75) is 39.5 Å². The summed E-state index contributed by atoms with van der Waals surface area (Å²) in [5, 5.41) is 0. The van der Waals surface area contributed by atoms with Gasteiger partial charge in [0, 0.05) is 4.88 Å². The fraction of sp³-hybridized carbons (Fsp3) is 0.545. The molecule has 0 aromatic carbocycles. The number of nitrogens with two attached hydrogens (primary N) is 1. The summed E-state index contributed by atoms with van der Waals surface area (Å²) < 4.78 is 0. The van der Waals surface area contributed by atoms with Gasteiger partial charge in [-0.1, -0.05) is 19.8 Å². The summed E-state index contributed by atoms with van der Waals surface area (Å²) in [6.07, 6.45) is 4.55. The molecule has 0 unspecified atom stereocenters. The Bertz CT molecular complexity index is 317. The van der Waals surface area contributed by atoms with E-state index in [1.54, 1.807) is 0 Å². The minimum Gasteiger partial charge on any atom is -0.365 e. The highest BCUT2D eigenvalue weighted by Crippen LogP contribution is 2.23. The van der Waals surface area contributed by atoms with E-state index in [0.29, 0.717) is 0 Å². The quantitative estimate of drug-likeness (QED) is 0.748. The minimum absolute atomic E-state index is 0.283. The molecule has 2 N–H and O–H groups in total. The van der Waals surface area contributed by atoms with Crippen molar-refractivity contribution in [3.05, 3.63) is 21.4 Å². The van der Waals surface area contributed by atoms with Crippen LogP contribution in [0.4, 0.5) is 0 Å². The minimum atomic E-state index is -0.283. The standard InChI is InChI=1S/C11H17NOS/c1-3-4-5-6-9-7-8(2)14-10(9)11(12)13/h7H,3-6H2,1-2H3,(H2,12,13). The van der Waals surface area contributed by atoms with Crippen molar-refractivity contribution < 1.29 is 4.79 Å². The van der Waals surface area contributed by atoms with E-state index in [9.17, 15) is 4.79 Å². The molecule has 0 aliphatic heterocycles. The lowest BCUT2D eigenvalue weighted by Crippen LogP contribution is -2.10. The highest BCUT2D eigenvalue weighted by molar-refractivity contribution is 7.14. The molecule has 0 saturated heterocycles. The Hall–Kier alpha value is -0.830. The molecule has 1 heterocycles. The van der Waals surface area contributed by atoms with Crippen LogP contribution in [-0.2, 0) is 6.42 Å². The molecule has 3 heteroatoms. The third-order valence-corrected chi connectivity index (χ3v) is 3.31. The zero-order valence-electron chi connectivity index (χ0n) is 8.80. The SMILES string of the molecule is CCCCCc1cc(C)sc1C(N)=O. The highest BCUT2D eigenvalue weighted by atomic mass is 32.1. The maximum atomic E-state index is 11.1. The molecular weight excluding hydrogens is 194 g/mol. The first-order chi connectivity index (χ1) is 6.65. The van der Waals surface area contributed by atoms with E-state index in [0.717, 1.165) is 23.3 Å². The van der Waals surface area contributed by atoms with Gasteiger partial charge in [0.05, 0.1) is 4.88 Å². The molecule has 78 valence electrons. The smallest absolute Gasteiger partial charge is 0.259 e. The lowest BCUT2D eigenvalue weighted by Gasteiger charge is -1.99. The molecule has 0 bridgehead atoms. The van der Waals surface area contributed by atoms with Crippen LogP contribution in [0.25, 0.3) is 0 Å². The van der Waals surface area contributed by atoms with E-state index in [4.69, 9.17) is 5.73 Å². The number of rotatable bonds is 5. The molecule has 1 aromatic rings. The Balaban J connectivity index is 2.69. The molecule has 0 atom stereocenters.